The van der Waals surface area contributed by atoms with Crippen molar-refractivity contribution in [3.05, 3.63) is 109 Å². The molecule has 0 saturated heterocycles. The topological polar surface area (TPSA) is 78.9 Å². The number of carbonyl (C=O) groups excluding carboxylic acids is 3. The summed E-state index contributed by atoms with van der Waals surface area (Å²) in [6.45, 7) is 6.47. The zero-order valence-corrected chi connectivity index (χ0v) is 49.0. The molecular weight excluding hydrogens is 925 g/mol. The maximum atomic E-state index is 12.9. The number of hydrogen-bond donors (Lipinski definition) is 0. The molecule has 0 aliphatic heterocycles. The monoisotopic (exact) mass is 1040 g/mol. The Morgan fingerprint density at radius 3 is 0.813 bits per heavy atom. The first kappa shape index (κ1) is 71.1. The van der Waals surface area contributed by atoms with Gasteiger partial charge >= 0.3 is 17.9 Å². The summed E-state index contributed by atoms with van der Waals surface area (Å²) in [5.41, 5.74) is 0. The summed E-state index contributed by atoms with van der Waals surface area (Å²) < 4.78 is 16.9. The van der Waals surface area contributed by atoms with E-state index in [0.717, 1.165) is 128 Å². The molecule has 0 aromatic carbocycles. The van der Waals surface area contributed by atoms with E-state index < -0.39 is 6.10 Å². The lowest BCUT2D eigenvalue weighted by Gasteiger charge is -2.18. The molecule has 0 radical (unpaired) electrons. The molecule has 428 valence electrons. The van der Waals surface area contributed by atoms with Gasteiger partial charge < -0.3 is 14.2 Å². The van der Waals surface area contributed by atoms with Gasteiger partial charge in [0.25, 0.3) is 0 Å². The van der Waals surface area contributed by atoms with E-state index in [0.29, 0.717) is 19.3 Å². The first-order valence-electron chi connectivity index (χ1n) is 31.4. The van der Waals surface area contributed by atoms with E-state index in [9.17, 15) is 14.4 Å². The summed E-state index contributed by atoms with van der Waals surface area (Å²) in [7, 11) is 0. The van der Waals surface area contributed by atoms with Gasteiger partial charge in [-0.1, -0.05) is 252 Å². The average Bonchev–Trinajstić information content (AvgIpc) is 3.41. The van der Waals surface area contributed by atoms with Gasteiger partial charge in [0.1, 0.15) is 13.2 Å². The normalized spacial score (nSPS) is 12.8. The molecule has 0 amide bonds. The molecule has 0 aromatic heterocycles. The predicted octanol–water partition coefficient (Wildman–Crippen LogP) is 21.4. The van der Waals surface area contributed by atoms with Crippen LogP contribution in [0.4, 0.5) is 0 Å². The molecule has 6 heteroatoms. The Labute approximate surface area is 463 Å². The molecule has 1 unspecified atom stereocenters. The van der Waals surface area contributed by atoms with Gasteiger partial charge in [0.05, 0.1) is 0 Å². The Morgan fingerprint density at radius 1 is 0.280 bits per heavy atom. The van der Waals surface area contributed by atoms with Crippen molar-refractivity contribution >= 4 is 17.9 Å². The van der Waals surface area contributed by atoms with Crippen LogP contribution in [0, 0.1) is 0 Å². The Morgan fingerprint density at radius 2 is 0.520 bits per heavy atom. The van der Waals surface area contributed by atoms with Crippen molar-refractivity contribution in [3.63, 3.8) is 0 Å². The molecule has 0 aromatic rings. The van der Waals surface area contributed by atoms with E-state index in [1.807, 2.05) is 0 Å². The van der Waals surface area contributed by atoms with E-state index in [-0.39, 0.29) is 31.1 Å². The largest absolute Gasteiger partial charge is 0.462 e. The lowest BCUT2D eigenvalue weighted by Crippen LogP contribution is -2.30. The molecule has 0 bridgehead atoms. The lowest BCUT2D eigenvalue weighted by atomic mass is 10.1. The van der Waals surface area contributed by atoms with Gasteiger partial charge in [0.2, 0.25) is 0 Å². The predicted molar refractivity (Wildman–Crippen MR) is 325 cm³/mol. The van der Waals surface area contributed by atoms with Gasteiger partial charge in [-0.05, 0) is 128 Å². The highest BCUT2D eigenvalue weighted by atomic mass is 16.6. The standard InChI is InChI=1S/C69H116O6/c1-4-7-10-13-16-19-22-25-28-31-33-34-36-38-41-44-47-50-53-56-59-62-68(71)74-65-66(64-73-67(70)61-58-55-52-49-46-43-40-37-30-27-24-21-18-15-12-9-6-3)75-69(72)63-60-57-54-51-48-45-42-39-35-32-29-26-23-20-17-14-11-8-5-2/h7,10,16-21,25-30,33-35,39,66H,4-6,8-9,11-15,22-24,31-32,36-38,40-65H2,1-3H3/b10-7-,19-16-,20-17-,21-18-,28-25-,29-26-,30-27-,34-33-,39-35-. The molecule has 0 spiro atoms. The number of carbonyl (C=O) groups is 3. The third-order valence-electron chi connectivity index (χ3n) is 13.2. The molecule has 0 saturated carbocycles. The number of rotatable bonds is 56. The smallest absolute Gasteiger partial charge is 0.306 e. The maximum absolute atomic E-state index is 12.9. The maximum Gasteiger partial charge on any atom is 0.306 e. The zero-order valence-electron chi connectivity index (χ0n) is 49.0. The molecule has 75 heavy (non-hydrogen) atoms. The van der Waals surface area contributed by atoms with Crippen LogP contribution in [0.5, 0.6) is 0 Å². The number of unbranched alkanes of at least 4 members (excludes halogenated alkanes) is 27. The number of esters is 3. The Balaban J connectivity index is 4.44. The van der Waals surface area contributed by atoms with Crippen molar-refractivity contribution in [2.45, 2.75) is 297 Å². The van der Waals surface area contributed by atoms with E-state index in [2.05, 4.69) is 130 Å². The number of allylic oxidation sites excluding steroid dienone is 18. The molecule has 0 heterocycles. The molecule has 6 nitrogen and oxygen atoms in total. The van der Waals surface area contributed by atoms with Crippen molar-refractivity contribution < 1.29 is 28.6 Å². The number of hydrogen-bond acceptors (Lipinski definition) is 6. The first-order valence-corrected chi connectivity index (χ1v) is 31.4. The molecule has 0 N–H and O–H groups in total. The van der Waals surface area contributed by atoms with Crippen LogP contribution in [-0.2, 0) is 28.6 Å². The summed E-state index contributed by atoms with van der Waals surface area (Å²) in [6.07, 6.45) is 85.0. The van der Waals surface area contributed by atoms with Crippen LogP contribution in [0.25, 0.3) is 0 Å². The summed E-state index contributed by atoms with van der Waals surface area (Å²) in [4.78, 5) is 38.3. The second-order valence-electron chi connectivity index (χ2n) is 20.6. The second-order valence-corrected chi connectivity index (χ2v) is 20.6. The van der Waals surface area contributed by atoms with Crippen molar-refractivity contribution in [1.29, 1.82) is 0 Å². The van der Waals surface area contributed by atoms with E-state index >= 15 is 0 Å². The third kappa shape index (κ3) is 60.8. The quantitative estimate of drug-likeness (QED) is 0.0261. The summed E-state index contributed by atoms with van der Waals surface area (Å²) in [5, 5.41) is 0. The summed E-state index contributed by atoms with van der Waals surface area (Å²) >= 11 is 0. The molecule has 0 rings (SSSR count). The van der Waals surface area contributed by atoms with Gasteiger partial charge in [-0.3, -0.25) is 14.4 Å². The van der Waals surface area contributed by atoms with Crippen LogP contribution in [0.1, 0.15) is 290 Å². The molecular formula is C69H116O6. The van der Waals surface area contributed by atoms with Crippen LogP contribution in [0.3, 0.4) is 0 Å². The van der Waals surface area contributed by atoms with Crippen molar-refractivity contribution in [3.8, 4) is 0 Å². The van der Waals surface area contributed by atoms with Crippen LogP contribution in [0.2, 0.25) is 0 Å². The highest BCUT2D eigenvalue weighted by Crippen LogP contribution is 2.15. The van der Waals surface area contributed by atoms with E-state index in [1.54, 1.807) is 0 Å². The van der Waals surface area contributed by atoms with Crippen LogP contribution >= 0.6 is 0 Å². The molecule has 0 fully saturated rings. The molecule has 1 atom stereocenters. The van der Waals surface area contributed by atoms with Gasteiger partial charge in [-0.15, -0.1) is 0 Å². The lowest BCUT2D eigenvalue weighted by molar-refractivity contribution is -0.167. The fourth-order valence-electron chi connectivity index (χ4n) is 8.53. The SMILES string of the molecule is CC/C=C\C/C=C\C/C=C\C/C=C\CCCCCCCCCCC(=O)OCC(COC(=O)CCCCCCCCC/C=C\C/C=C\CCCCC)OC(=O)CCCCCCCC/C=C\C/C=C\C/C=C\CCCCC. The van der Waals surface area contributed by atoms with E-state index in [1.165, 1.54) is 122 Å². The van der Waals surface area contributed by atoms with Gasteiger partial charge in [-0.2, -0.15) is 0 Å². The van der Waals surface area contributed by atoms with Crippen LogP contribution in [0.15, 0.2) is 109 Å². The Hall–Kier alpha value is -3.93. The van der Waals surface area contributed by atoms with Crippen molar-refractivity contribution in [2.24, 2.45) is 0 Å². The zero-order chi connectivity index (χ0) is 54.3. The number of ether oxygens (including phenoxy) is 3. The fourth-order valence-corrected chi connectivity index (χ4v) is 8.53. The fraction of sp³-hybridized carbons (Fsp3) is 0.696. The highest BCUT2D eigenvalue weighted by molar-refractivity contribution is 5.71. The molecule has 0 aliphatic rings. The van der Waals surface area contributed by atoms with Crippen LogP contribution < -0.4 is 0 Å². The van der Waals surface area contributed by atoms with Gasteiger partial charge in [-0.25, -0.2) is 0 Å². The minimum atomic E-state index is -0.795. The van der Waals surface area contributed by atoms with Crippen molar-refractivity contribution in [1.82, 2.24) is 0 Å². The minimum absolute atomic E-state index is 0.0910. The van der Waals surface area contributed by atoms with Gasteiger partial charge in [0, 0.05) is 19.3 Å². The summed E-state index contributed by atoms with van der Waals surface area (Å²) in [5.74, 6) is -0.913. The van der Waals surface area contributed by atoms with Crippen molar-refractivity contribution in [2.75, 3.05) is 13.2 Å². The second kappa shape index (κ2) is 62.6. The summed E-state index contributed by atoms with van der Waals surface area (Å²) in [6, 6.07) is 0. The molecule has 0 aliphatic carbocycles. The Bertz CT molecular complexity index is 1520. The highest BCUT2D eigenvalue weighted by Gasteiger charge is 2.19. The van der Waals surface area contributed by atoms with Gasteiger partial charge in [0.15, 0.2) is 6.10 Å². The minimum Gasteiger partial charge on any atom is -0.462 e. The third-order valence-corrected chi connectivity index (χ3v) is 13.2. The van der Waals surface area contributed by atoms with Crippen LogP contribution in [-0.4, -0.2) is 37.2 Å². The average molecular weight is 1040 g/mol. The Kier molecular flexibility index (Phi) is 59.3. The first-order chi connectivity index (χ1) is 37.0. The van der Waals surface area contributed by atoms with E-state index in [4.69, 9.17) is 14.2 Å².